The van der Waals surface area contributed by atoms with Crippen molar-refractivity contribution in [2.75, 3.05) is 11.9 Å². The summed E-state index contributed by atoms with van der Waals surface area (Å²) < 4.78 is 41.4. The van der Waals surface area contributed by atoms with Crippen LogP contribution in [-0.2, 0) is 11.3 Å². The molecule has 160 valence electrons. The standard InChI is InChI=1S/C19H20F3N5O3/c1-10-5-12(8-24-17(10)30-9-19(20,21)22)7-23-16(29)14-6-11(2)25-18(26-14)27-15(28)13-3-4-13/h5-6,8,13H,3-4,7,9H2,1-2H3,(H,23,29)(H,25,26,27,28). The number of halogens is 3. The maximum absolute atomic E-state index is 12.4. The summed E-state index contributed by atoms with van der Waals surface area (Å²) in [5.74, 6) is -0.727. The molecule has 1 aliphatic carbocycles. The first-order valence-electron chi connectivity index (χ1n) is 9.20. The quantitative estimate of drug-likeness (QED) is 0.709. The van der Waals surface area contributed by atoms with Crippen molar-refractivity contribution in [3.63, 3.8) is 0 Å². The molecule has 11 heteroatoms. The second-order valence-corrected chi connectivity index (χ2v) is 7.03. The molecule has 0 atom stereocenters. The number of hydrogen-bond donors (Lipinski definition) is 2. The Morgan fingerprint density at radius 1 is 1.20 bits per heavy atom. The zero-order chi connectivity index (χ0) is 21.9. The number of carbonyl (C=O) groups excluding carboxylic acids is 2. The van der Waals surface area contributed by atoms with Crippen LogP contribution in [0.15, 0.2) is 18.3 Å². The number of alkyl halides is 3. The van der Waals surface area contributed by atoms with Gasteiger partial charge in [-0.05, 0) is 44.4 Å². The zero-order valence-electron chi connectivity index (χ0n) is 16.3. The summed E-state index contributed by atoms with van der Waals surface area (Å²) in [5, 5.41) is 5.26. The lowest BCUT2D eigenvalue weighted by Crippen LogP contribution is -2.25. The first-order valence-corrected chi connectivity index (χ1v) is 9.20. The smallest absolute Gasteiger partial charge is 0.422 e. The Labute approximate surface area is 170 Å². The molecule has 0 spiro atoms. The van der Waals surface area contributed by atoms with Gasteiger partial charge in [0.25, 0.3) is 5.91 Å². The molecule has 0 aliphatic heterocycles. The van der Waals surface area contributed by atoms with Crippen molar-refractivity contribution in [3.8, 4) is 5.88 Å². The molecular formula is C19H20F3N5O3. The van der Waals surface area contributed by atoms with E-state index in [2.05, 4.69) is 30.3 Å². The molecule has 0 saturated heterocycles. The fraction of sp³-hybridized carbons (Fsp3) is 0.421. The minimum absolute atomic E-state index is 0.0230. The third-order valence-corrected chi connectivity index (χ3v) is 4.18. The molecular weight excluding hydrogens is 403 g/mol. The monoisotopic (exact) mass is 423 g/mol. The first-order chi connectivity index (χ1) is 14.1. The minimum Gasteiger partial charge on any atom is -0.468 e. The van der Waals surface area contributed by atoms with E-state index in [0.29, 0.717) is 16.8 Å². The summed E-state index contributed by atoms with van der Waals surface area (Å²) in [6, 6.07) is 3.06. The molecule has 1 fully saturated rings. The normalized spacial score (nSPS) is 13.6. The fourth-order valence-corrected chi connectivity index (χ4v) is 2.59. The molecule has 2 N–H and O–H groups in total. The third kappa shape index (κ3) is 6.13. The summed E-state index contributed by atoms with van der Waals surface area (Å²) >= 11 is 0. The summed E-state index contributed by atoms with van der Waals surface area (Å²) in [5.41, 5.74) is 1.59. The Kier molecular flexibility index (Phi) is 6.18. The van der Waals surface area contributed by atoms with Gasteiger partial charge < -0.3 is 10.1 Å². The number of nitrogens with one attached hydrogen (secondary N) is 2. The van der Waals surface area contributed by atoms with Gasteiger partial charge in [0.15, 0.2) is 6.61 Å². The Morgan fingerprint density at radius 3 is 2.57 bits per heavy atom. The summed E-state index contributed by atoms with van der Waals surface area (Å²) in [6.45, 7) is 1.90. The van der Waals surface area contributed by atoms with Gasteiger partial charge in [0, 0.05) is 29.9 Å². The van der Waals surface area contributed by atoms with Crippen LogP contribution in [0.25, 0.3) is 0 Å². The lowest BCUT2D eigenvalue weighted by Gasteiger charge is -2.12. The summed E-state index contributed by atoms with van der Waals surface area (Å²) in [7, 11) is 0. The van der Waals surface area contributed by atoms with Crippen molar-refractivity contribution in [1.29, 1.82) is 0 Å². The van der Waals surface area contributed by atoms with Gasteiger partial charge in [-0.25, -0.2) is 15.0 Å². The van der Waals surface area contributed by atoms with Crippen molar-refractivity contribution in [3.05, 3.63) is 40.8 Å². The number of pyridine rings is 1. The van der Waals surface area contributed by atoms with E-state index in [0.717, 1.165) is 12.8 Å². The van der Waals surface area contributed by atoms with E-state index in [1.54, 1.807) is 19.9 Å². The Balaban J connectivity index is 1.60. The van der Waals surface area contributed by atoms with Crippen LogP contribution in [0.5, 0.6) is 5.88 Å². The van der Waals surface area contributed by atoms with Crippen LogP contribution >= 0.6 is 0 Å². The van der Waals surface area contributed by atoms with Crippen LogP contribution in [0.3, 0.4) is 0 Å². The van der Waals surface area contributed by atoms with Gasteiger partial charge in [-0.3, -0.25) is 14.9 Å². The molecule has 2 heterocycles. The lowest BCUT2D eigenvalue weighted by atomic mass is 10.2. The number of ether oxygens (including phenoxy) is 1. The number of carbonyl (C=O) groups is 2. The Hall–Kier alpha value is -3.24. The van der Waals surface area contributed by atoms with Gasteiger partial charge in [-0.2, -0.15) is 13.2 Å². The lowest BCUT2D eigenvalue weighted by molar-refractivity contribution is -0.154. The second kappa shape index (κ2) is 8.64. The molecule has 0 unspecified atom stereocenters. The third-order valence-electron chi connectivity index (χ3n) is 4.18. The number of hydrogen-bond acceptors (Lipinski definition) is 6. The minimum atomic E-state index is -4.45. The largest absolute Gasteiger partial charge is 0.468 e. The van der Waals surface area contributed by atoms with Crippen molar-refractivity contribution in [2.24, 2.45) is 5.92 Å². The van der Waals surface area contributed by atoms with Gasteiger partial charge in [0.1, 0.15) is 5.69 Å². The average Bonchev–Trinajstić information content (AvgIpc) is 3.49. The van der Waals surface area contributed by atoms with Gasteiger partial charge in [0.2, 0.25) is 17.7 Å². The Morgan fingerprint density at radius 2 is 1.93 bits per heavy atom. The maximum atomic E-state index is 12.4. The van der Waals surface area contributed by atoms with Crippen molar-refractivity contribution in [2.45, 2.75) is 39.4 Å². The SMILES string of the molecule is Cc1cc(C(=O)NCc2cnc(OCC(F)(F)F)c(C)c2)nc(NC(=O)C2CC2)n1. The van der Waals surface area contributed by atoms with Crippen LogP contribution in [-0.4, -0.2) is 39.5 Å². The van der Waals surface area contributed by atoms with Gasteiger partial charge in [-0.15, -0.1) is 0 Å². The van der Waals surface area contributed by atoms with E-state index < -0.39 is 18.7 Å². The van der Waals surface area contributed by atoms with Crippen LogP contribution in [0, 0.1) is 19.8 Å². The molecule has 0 radical (unpaired) electrons. The highest BCUT2D eigenvalue weighted by molar-refractivity contribution is 5.95. The number of aromatic nitrogens is 3. The van der Waals surface area contributed by atoms with Gasteiger partial charge >= 0.3 is 6.18 Å². The Bertz CT molecular complexity index is 961. The summed E-state index contributed by atoms with van der Waals surface area (Å²) in [6.07, 6.45) is -1.46. The topological polar surface area (TPSA) is 106 Å². The number of aryl methyl sites for hydroxylation is 2. The van der Waals surface area contributed by atoms with Crippen LogP contribution in [0.2, 0.25) is 0 Å². The molecule has 30 heavy (non-hydrogen) atoms. The predicted octanol–water partition coefficient (Wildman–Crippen LogP) is 2.71. The number of amides is 2. The molecule has 1 aliphatic rings. The van der Waals surface area contributed by atoms with E-state index in [1.165, 1.54) is 12.3 Å². The highest BCUT2D eigenvalue weighted by atomic mass is 19.4. The number of nitrogens with zero attached hydrogens (tertiary/aromatic N) is 3. The summed E-state index contributed by atoms with van der Waals surface area (Å²) in [4.78, 5) is 36.4. The van der Waals surface area contributed by atoms with Crippen LogP contribution < -0.4 is 15.4 Å². The van der Waals surface area contributed by atoms with E-state index in [1.807, 2.05) is 0 Å². The van der Waals surface area contributed by atoms with Crippen LogP contribution in [0.4, 0.5) is 19.1 Å². The highest BCUT2D eigenvalue weighted by Crippen LogP contribution is 2.29. The van der Waals surface area contributed by atoms with E-state index >= 15 is 0 Å². The van der Waals surface area contributed by atoms with Crippen molar-refractivity contribution in [1.82, 2.24) is 20.3 Å². The van der Waals surface area contributed by atoms with Crippen LogP contribution in [0.1, 0.15) is 40.2 Å². The highest BCUT2D eigenvalue weighted by Gasteiger charge is 2.30. The van der Waals surface area contributed by atoms with Gasteiger partial charge in [0.05, 0.1) is 0 Å². The van der Waals surface area contributed by atoms with E-state index in [-0.39, 0.29) is 35.9 Å². The molecule has 3 rings (SSSR count). The number of rotatable bonds is 7. The van der Waals surface area contributed by atoms with E-state index in [4.69, 9.17) is 0 Å². The van der Waals surface area contributed by atoms with Gasteiger partial charge in [-0.1, -0.05) is 0 Å². The van der Waals surface area contributed by atoms with Crippen molar-refractivity contribution >= 4 is 17.8 Å². The maximum Gasteiger partial charge on any atom is 0.422 e. The molecule has 0 aromatic carbocycles. The fourth-order valence-electron chi connectivity index (χ4n) is 2.59. The average molecular weight is 423 g/mol. The van der Waals surface area contributed by atoms with Crippen molar-refractivity contribution < 1.29 is 27.5 Å². The second-order valence-electron chi connectivity index (χ2n) is 7.03. The first kappa shape index (κ1) is 21.5. The molecule has 2 aromatic rings. The molecule has 2 aromatic heterocycles. The molecule has 8 nitrogen and oxygen atoms in total. The number of anilines is 1. The molecule has 2 amide bonds. The molecule has 0 bridgehead atoms. The van der Waals surface area contributed by atoms with E-state index in [9.17, 15) is 22.8 Å². The molecule has 1 saturated carbocycles. The predicted molar refractivity (Wildman–Crippen MR) is 99.8 cm³/mol. The zero-order valence-corrected chi connectivity index (χ0v) is 16.3.